The summed E-state index contributed by atoms with van der Waals surface area (Å²) in [5.74, 6) is 0.935. The van der Waals surface area contributed by atoms with Crippen molar-refractivity contribution in [3.05, 3.63) is 58.4 Å². The van der Waals surface area contributed by atoms with Crippen LogP contribution >= 0.6 is 35.2 Å². The summed E-state index contributed by atoms with van der Waals surface area (Å²) < 4.78 is 6.87. The number of anilines is 1. The zero-order chi connectivity index (χ0) is 22.8. The van der Waals surface area contributed by atoms with Gasteiger partial charge in [-0.15, -0.1) is 10.2 Å². The average Bonchev–Trinajstić information content (AvgIpc) is 3.36. The van der Waals surface area contributed by atoms with E-state index in [1.165, 1.54) is 24.5 Å². The molecule has 0 fully saturated rings. The first kappa shape index (κ1) is 22.1. The molecule has 2 aromatic carbocycles. The number of nitrogens with one attached hydrogen (secondary N) is 2. The molecule has 2 heterocycles. The molecule has 0 atom stereocenters. The van der Waals surface area contributed by atoms with Gasteiger partial charge in [0.1, 0.15) is 10.8 Å². The number of carbonyl (C=O) groups excluding carboxylic acids is 1. The van der Waals surface area contributed by atoms with Crippen molar-refractivity contribution in [2.75, 3.05) is 12.4 Å². The van der Waals surface area contributed by atoms with Gasteiger partial charge in [-0.2, -0.15) is 9.61 Å². The highest BCUT2D eigenvalue weighted by atomic mass is 35.5. The summed E-state index contributed by atoms with van der Waals surface area (Å²) in [6.45, 7) is 3.96. The molecule has 8 nitrogen and oxygen atoms in total. The number of rotatable bonds is 5. The Morgan fingerprint density at radius 1 is 1.25 bits per heavy atom. The van der Waals surface area contributed by atoms with E-state index in [4.69, 9.17) is 28.6 Å². The van der Waals surface area contributed by atoms with Gasteiger partial charge in [0.15, 0.2) is 10.9 Å². The summed E-state index contributed by atoms with van der Waals surface area (Å²) in [6, 6.07) is 10.7. The smallest absolute Gasteiger partial charge is 0.257 e. The third kappa shape index (κ3) is 4.43. The molecule has 32 heavy (non-hydrogen) atoms. The molecule has 0 bridgehead atoms. The lowest BCUT2D eigenvalue weighted by Crippen LogP contribution is -2.34. The van der Waals surface area contributed by atoms with Gasteiger partial charge in [-0.05, 0) is 49.0 Å². The number of nitrogens with zero attached hydrogens (tertiary/aromatic N) is 4. The maximum atomic E-state index is 12.5. The largest absolute Gasteiger partial charge is 0.495 e. The van der Waals surface area contributed by atoms with E-state index < -0.39 is 0 Å². The van der Waals surface area contributed by atoms with E-state index >= 15 is 0 Å². The predicted molar refractivity (Wildman–Crippen MR) is 130 cm³/mol. The van der Waals surface area contributed by atoms with Crippen LogP contribution in [-0.2, 0) is 6.42 Å². The van der Waals surface area contributed by atoms with Crippen LogP contribution in [0.2, 0.25) is 5.02 Å². The molecule has 0 unspecified atom stereocenters. The molecular formula is C21H19ClN6O2S2. The molecule has 0 aliphatic heterocycles. The quantitative estimate of drug-likeness (QED) is 0.401. The third-order valence-corrected chi connectivity index (χ3v) is 6.19. The Labute approximate surface area is 198 Å². The molecule has 2 N–H and O–H groups in total. The molecule has 0 saturated heterocycles. The fourth-order valence-corrected chi connectivity index (χ4v) is 4.34. The van der Waals surface area contributed by atoms with Gasteiger partial charge in [-0.1, -0.05) is 42.0 Å². The summed E-state index contributed by atoms with van der Waals surface area (Å²) >= 11 is 12.9. The van der Waals surface area contributed by atoms with Crippen LogP contribution in [0.25, 0.3) is 15.5 Å². The van der Waals surface area contributed by atoms with Crippen molar-refractivity contribution in [3.8, 4) is 16.3 Å². The van der Waals surface area contributed by atoms with Crippen molar-refractivity contribution >= 4 is 56.8 Å². The molecule has 164 valence electrons. The van der Waals surface area contributed by atoms with Crippen LogP contribution in [0.15, 0.2) is 36.4 Å². The average molecular weight is 487 g/mol. The number of benzene rings is 2. The van der Waals surface area contributed by atoms with Gasteiger partial charge in [0, 0.05) is 23.2 Å². The summed E-state index contributed by atoms with van der Waals surface area (Å²) in [7, 11) is 1.51. The van der Waals surface area contributed by atoms with Crippen molar-refractivity contribution in [1.29, 1.82) is 0 Å². The Bertz CT molecular complexity index is 1330. The maximum Gasteiger partial charge on any atom is 0.257 e. The van der Waals surface area contributed by atoms with Crippen molar-refractivity contribution in [2.24, 2.45) is 0 Å². The molecule has 4 rings (SSSR count). The molecule has 0 aliphatic rings. The Hall–Kier alpha value is -3.08. The number of carbonyl (C=O) groups is 1. The minimum atomic E-state index is -0.374. The fraction of sp³-hybridized carbons (Fsp3) is 0.190. The second-order valence-corrected chi connectivity index (χ2v) is 8.63. The van der Waals surface area contributed by atoms with Crippen LogP contribution in [-0.4, -0.2) is 37.9 Å². The summed E-state index contributed by atoms with van der Waals surface area (Å²) in [5, 5.41) is 20.0. The van der Waals surface area contributed by atoms with Crippen molar-refractivity contribution < 1.29 is 9.53 Å². The minimum Gasteiger partial charge on any atom is -0.495 e. The normalized spacial score (nSPS) is 10.9. The Balaban J connectivity index is 1.51. The molecule has 0 spiro atoms. The van der Waals surface area contributed by atoms with E-state index in [0.29, 0.717) is 16.3 Å². The lowest BCUT2D eigenvalue weighted by atomic mass is 10.1. The van der Waals surface area contributed by atoms with Crippen molar-refractivity contribution in [2.45, 2.75) is 20.3 Å². The fourth-order valence-electron chi connectivity index (χ4n) is 3.02. The number of methoxy groups -OCH3 is 1. The molecule has 4 aromatic rings. The third-order valence-electron chi connectivity index (χ3n) is 4.75. The van der Waals surface area contributed by atoms with E-state index in [-0.39, 0.29) is 11.0 Å². The number of fused-ring (bicyclic) bond motifs is 1. The van der Waals surface area contributed by atoms with Gasteiger partial charge < -0.3 is 10.1 Å². The Kier molecular flexibility index (Phi) is 6.35. The molecular weight excluding hydrogens is 468 g/mol. The predicted octanol–water partition coefficient (Wildman–Crippen LogP) is 4.51. The lowest BCUT2D eigenvalue weighted by molar-refractivity contribution is 0.0977. The monoisotopic (exact) mass is 486 g/mol. The molecule has 0 radical (unpaired) electrons. The number of aryl methyl sites for hydroxylation is 2. The van der Waals surface area contributed by atoms with Crippen LogP contribution in [0.4, 0.5) is 5.69 Å². The highest BCUT2D eigenvalue weighted by molar-refractivity contribution is 7.80. The first-order chi connectivity index (χ1) is 15.4. The van der Waals surface area contributed by atoms with Crippen LogP contribution < -0.4 is 15.4 Å². The van der Waals surface area contributed by atoms with Crippen LogP contribution in [0, 0.1) is 6.92 Å². The first-order valence-corrected chi connectivity index (χ1v) is 11.3. The van der Waals surface area contributed by atoms with Crippen LogP contribution in [0.1, 0.15) is 28.7 Å². The summed E-state index contributed by atoms with van der Waals surface area (Å²) in [6.07, 6.45) is 0.748. The molecule has 1 amide bonds. The molecule has 2 aromatic heterocycles. The lowest BCUT2D eigenvalue weighted by Gasteiger charge is -2.13. The zero-order valence-electron chi connectivity index (χ0n) is 17.5. The second-order valence-electron chi connectivity index (χ2n) is 6.86. The van der Waals surface area contributed by atoms with E-state index in [2.05, 4.69) is 25.9 Å². The van der Waals surface area contributed by atoms with Gasteiger partial charge in [0.2, 0.25) is 4.96 Å². The number of amides is 1. The van der Waals surface area contributed by atoms with Gasteiger partial charge >= 0.3 is 0 Å². The van der Waals surface area contributed by atoms with Gasteiger partial charge in [-0.25, -0.2) is 0 Å². The standard InChI is InChI=1S/C21H19ClN6O2S2/c1-4-17-25-26-21-28(17)27-19(32-21)13-6-5-11(2)15(10-13)23-20(31)24-18(29)12-7-8-16(30-3)14(22)9-12/h5-10H,4H2,1-3H3,(H2,23,24,29,31). The second kappa shape index (κ2) is 9.19. The zero-order valence-corrected chi connectivity index (χ0v) is 19.9. The number of hydrogen-bond acceptors (Lipinski definition) is 7. The highest BCUT2D eigenvalue weighted by Gasteiger charge is 2.15. The van der Waals surface area contributed by atoms with E-state index in [9.17, 15) is 4.79 Å². The summed E-state index contributed by atoms with van der Waals surface area (Å²) in [4.78, 5) is 13.3. The van der Waals surface area contributed by atoms with Gasteiger partial charge in [0.25, 0.3) is 5.91 Å². The van der Waals surface area contributed by atoms with Crippen molar-refractivity contribution in [3.63, 3.8) is 0 Å². The molecule has 0 saturated carbocycles. The van der Waals surface area contributed by atoms with E-state index in [0.717, 1.165) is 39.0 Å². The first-order valence-electron chi connectivity index (χ1n) is 9.67. The van der Waals surface area contributed by atoms with Crippen molar-refractivity contribution in [1.82, 2.24) is 25.1 Å². The van der Waals surface area contributed by atoms with E-state index in [1.54, 1.807) is 16.6 Å². The van der Waals surface area contributed by atoms with Crippen LogP contribution in [0.3, 0.4) is 0 Å². The number of aromatic nitrogens is 4. The van der Waals surface area contributed by atoms with E-state index in [1.807, 2.05) is 32.0 Å². The van der Waals surface area contributed by atoms with Gasteiger partial charge in [0.05, 0.1) is 12.1 Å². The van der Waals surface area contributed by atoms with Gasteiger partial charge in [-0.3, -0.25) is 10.1 Å². The highest BCUT2D eigenvalue weighted by Crippen LogP contribution is 2.29. The number of halogens is 1. The number of ether oxygens (including phenoxy) is 1. The topological polar surface area (TPSA) is 93.4 Å². The SMILES string of the molecule is CCc1nnc2sc(-c3ccc(C)c(NC(=S)NC(=O)c4ccc(OC)c(Cl)c4)c3)nn12. The maximum absolute atomic E-state index is 12.5. The van der Waals surface area contributed by atoms with Crippen LogP contribution in [0.5, 0.6) is 5.75 Å². The minimum absolute atomic E-state index is 0.175. The Morgan fingerprint density at radius 3 is 2.78 bits per heavy atom. The summed E-state index contributed by atoms with van der Waals surface area (Å²) in [5.41, 5.74) is 3.01. The molecule has 11 heteroatoms. The number of hydrogen-bond donors (Lipinski definition) is 2. The number of thiocarbonyl (C=S) groups is 1. The molecule has 0 aliphatic carbocycles. The Morgan fingerprint density at radius 2 is 2.06 bits per heavy atom.